The molecule has 0 bridgehead atoms. The van der Waals surface area contributed by atoms with E-state index in [4.69, 9.17) is 5.26 Å². The first-order valence-electron chi connectivity index (χ1n) is 4.34. The molecule has 0 spiro atoms. The fraction of sp³-hybridized carbons (Fsp3) is 0.600. The number of ketones is 1. The van der Waals surface area contributed by atoms with Crippen molar-refractivity contribution in [2.24, 2.45) is 5.92 Å². The average molecular weight is 163 g/mol. The zero-order chi connectivity index (χ0) is 8.97. The van der Waals surface area contributed by atoms with Crippen LogP contribution >= 0.6 is 0 Å². The largest absolute Gasteiger partial charge is 0.300 e. The second-order valence-corrected chi connectivity index (χ2v) is 3.33. The maximum Gasteiger partial charge on any atom is 0.133 e. The standard InChI is InChI=1S/C10H13NO/c1-8-2-4-10(12)5-3-9(8)6-7-11/h6,8H,2-5H2,1H3/b9-6+. The van der Waals surface area contributed by atoms with Crippen molar-refractivity contribution in [1.29, 1.82) is 5.26 Å². The number of allylic oxidation sites excluding steroid dienone is 2. The van der Waals surface area contributed by atoms with Gasteiger partial charge in [0.05, 0.1) is 6.07 Å². The smallest absolute Gasteiger partial charge is 0.133 e. The van der Waals surface area contributed by atoms with Crippen molar-refractivity contribution in [2.45, 2.75) is 32.6 Å². The molecule has 0 aromatic carbocycles. The molecule has 1 unspecified atom stereocenters. The van der Waals surface area contributed by atoms with Crippen LogP contribution in [0.4, 0.5) is 0 Å². The molecule has 0 aromatic rings. The van der Waals surface area contributed by atoms with Gasteiger partial charge >= 0.3 is 0 Å². The third-order valence-corrected chi connectivity index (χ3v) is 2.43. The molecule has 1 aliphatic carbocycles. The molecule has 1 aliphatic rings. The summed E-state index contributed by atoms with van der Waals surface area (Å²) in [5.74, 6) is 0.749. The lowest BCUT2D eigenvalue weighted by molar-refractivity contribution is -0.118. The summed E-state index contributed by atoms with van der Waals surface area (Å²) in [5, 5.41) is 8.48. The van der Waals surface area contributed by atoms with Gasteiger partial charge in [-0.1, -0.05) is 12.5 Å². The average Bonchev–Trinajstić information content (AvgIpc) is 2.20. The molecule has 64 valence electrons. The topological polar surface area (TPSA) is 40.9 Å². The Morgan fingerprint density at radius 2 is 2.25 bits per heavy atom. The van der Waals surface area contributed by atoms with Crippen molar-refractivity contribution in [1.82, 2.24) is 0 Å². The molecule has 0 aliphatic heterocycles. The Balaban J connectivity index is 2.70. The molecule has 1 saturated carbocycles. The number of hydrogen-bond donors (Lipinski definition) is 0. The van der Waals surface area contributed by atoms with Crippen LogP contribution in [-0.4, -0.2) is 5.78 Å². The van der Waals surface area contributed by atoms with Crippen molar-refractivity contribution in [2.75, 3.05) is 0 Å². The lowest BCUT2D eigenvalue weighted by Crippen LogP contribution is -1.96. The van der Waals surface area contributed by atoms with E-state index in [1.54, 1.807) is 6.08 Å². The van der Waals surface area contributed by atoms with Crippen LogP contribution in [0.3, 0.4) is 0 Å². The second-order valence-electron chi connectivity index (χ2n) is 3.33. The third-order valence-electron chi connectivity index (χ3n) is 2.43. The molecule has 0 amide bonds. The van der Waals surface area contributed by atoms with E-state index in [0.29, 0.717) is 24.5 Å². The molecule has 0 heterocycles. The summed E-state index contributed by atoms with van der Waals surface area (Å²) < 4.78 is 0. The molecular formula is C10H13NO. The third kappa shape index (κ3) is 2.20. The minimum atomic E-state index is 0.336. The summed E-state index contributed by atoms with van der Waals surface area (Å²) >= 11 is 0. The SMILES string of the molecule is CC1CCC(=O)CC/C1=C\C#N. The fourth-order valence-electron chi connectivity index (χ4n) is 1.52. The van der Waals surface area contributed by atoms with Crippen LogP contribution in [0.1, 0.15) is 32.6 Å². The normalized spacial score (nSPS) is 28.2. The molecule has 1 rings (SSSR count). The quantitative estimate of drug-likeness (QED) is 0.406. The fourth-order valence-corrected chi connectivity index (χ4v) is 1.52. The van der Waals surface area contributed by atoms with Crippen LogP contribution in [0.2, 0.25) is 0 Å². The van der Waals surface area contributed by atoms with Crippen molar-refractivity contribution in [3.05, 3.63) is 11.6 Å². The Hall–Kier alpha value is -1.10. The Labute approximate surface area is 72.9 Å². The van der Waals surface area contributed by atoms with Crippen LogP contribution in [0.25, 0.3) is 0 Å². The van der Waals surface area contributed by atoms with Crippen molar-refractivity contribution >= 4 is 5.78 Å². The minimum Gasteiger partial charge on any atom is -0.300 e. The van der Waals surface area contributed by atoms with Gasteiger partial charge in [-0.15, -0.1) is 0 Å². The molecule has 1 fully saturated rings. The Morgan fingerprint density at radius 1 is 1.50 bits per heavy atom. The van der Waals surface area contributed by atoms with E-state index in [-0.39, 0.29) is 0 Å². The molecule has 0 radical (unpaired) electrons. The Bertz CT molecular complexity index is 247. The van der Waals surface area contributed by atoms with E-state index >= 15 is 0 Å². The zero-order valence-electron chi connectivity index (χ0n) is 7.34. The minimum absolute atomic E-state index is 0.336. The highest BCUT2D eigenvalue weighted by molar-refractivity contribution is 5.79. The van der Waals surface area contributed by atoms with Gasteiger partial charge in [0.25, 0.3) is 0 Å². The van der Waals surface area contributed by atoms with E-state index in [1.165, 1.54) is 0 Å². The predicted octanol–water partition coefficient (Wildman–Crippen LogP) is 2.22. The molecule has 2 nitrogen and oxygen atoms in total. The van der Waals surface area contributed by atoms with Crippen molar-refractivity contribution in [3.8, 4) is 6.07 Å². The summed E-state index contributed by atoms with van der Waals surface area (Å²) in [6.45, 7) is 2.09. The number of nitrogens with zero attached hydrogens (tertiary/aromatic N) is 1. The van der Waals surface area contributed by atoms with Gasteiger partial charge in [-0.05, 0) is 18.8 Å². The summed E-state index contributed by atoms with van der Waals surface area (Å²) in [4.78, 5) is 11.1. The van der Waals surface area contributed by atoms with Gasteiger partial charge in [0.1, 0.15) is 5.78 Å². The first-order valence-corrected chi connectivity index (χ1v) is 4.34. The van der Waals surface area contributed by atoms with E-state index in [9.17, 15) is 4.79 Å². The van der Waals surface area contributed by atoms with Crippen molar-refractivity contribution in [3.63, 3.8) is 0 Å². The summed E-state index contributed by atoms with van der Waals surface area (Å²) in [7, 11) is 0. The molecule has 2 heteroatoms. The highest BCUT2D eigenvalue weighted by Gasteiger charge is 2.16. The number of hydrogen-bond acceptors (Lipinski definition) is 2. The lowest BCUT2D eigenvalue weighted by atomic mass is 9.96. The number of Topliss-reactive ketones (excluding diaryl/α,β-unsaturated/α-hetero) is 1. The highest BCUT2D eigenvalue weighted by Crippen LogP contribution is 2.25. The predicted molar refractivity (Wildman–Crippen MR) is 46.3 cm³/mol. The van der Waals surface area contributed by atoms with Gasteiger partial charge in [-0.3, -0.25) is 4.79 Å². The van der Waals surface area contributed by atoms with Crippen LogP contribution in [-0.2, 0) is 4.79 Å². The van der Waals surface area contributed by atoms with Crippen molar-refractivity contribution < 1.29 is 4.79 Å². The van der Waals surface area contributed by atoms with Gasteiger partial charge in [0.2, 0.25) is 0 Å². The molecule has 1 atom stereocenters. The maximum atomic E-state index is 11.1. The van der Waals surface area contributed by atoms with Gasteiger partial charge in [0, 0.05) is 18.9 Å². The van der Waals surface area contributed by atoms with E-state index < -0.39 is 0 Å². The van der Waals surface area contributed by atoms with Crippen LogP contribution < -0.4 is 0 Å². The molecule has 0 aromatic heterocycles. The number of rotatable bonds is 0. The molecule has 12 heavy (non-hydrogen) atoms. The van der Waals surface area contributed by atoms with Gasteiger partial charge in [-0.25, -0.2) is 0 Å². The number of nitriles is 1. The number of carbonyl (C=O) groups excluding carboxylic acids is 1. The van der Waals surface area contributed by atoms with Gasteiger partial charge in [0.15, 0.2) is 0 Å². The summed E-state index contributed by atoms with van der Waals surface area (Å²) in [6, 6.07) is 2.04. The van der Waals surface area contributed by atoms with Crippen LogP contribution in [0.5, 0.6) is 0 Å². The van der Waals surface area contributed by atoms with Crippen LogP contribution in [0.15, 0.2) is 11.6 Å². The molecular weight excluding hydrogens is 150 g/mol. The van der Waals surface area contributed by atoms with Crippen LogP contribution in [0, 0.1) is 17.2 Å². The van der Waals surface area contributed by atoms with E-state index in [0.717, 1.165) is 18.4 Å². The Morgan fingerprint density at radius 3 is 2.92 bits per heavy atom. The first-order chi connectivity index (χ1) is 5.74. The summed E-state index contributed by atoms with van der Waals surface area (Å²) in [5.41, 5.74) is 1.14. The highest BCUT2D eigenvalue weighted by atomic mass is 16.1. The summed E-state index contributed by atoms with van der Waals surface area (Å²) in [6.07, 6.45) is 4.60. The van der Waals surface area contributed by atoms with E-state index in [2.05, 4.69) is 6.92 Å². The molecule has 0 saturated heterocycles. The molecule has 0 N–H and O–H groups in total. The van der Waals surface area contributed by atoms with Gasteiger partial charge in [-0.2, -0.15) is 5.26 Å². The lowest BCUT2D eigenvalue weighted by Gasteiger charge is -2.08. The van der Waals surface area contributed by atoms with Gasteiger partial charge < -0.3 is 0 Å². The van der Waals surface area contributed by atoms with E-state index in [1.807, 2.05) is 6.07 Å². The zero-order valence-corrected chi connectivity index (χ0v) is 7.34. The first kappa shape index (κ1) is 8.99. The monoisotopic (exact) mass is 163 g/mol. The number of carbonyl (C=O) groups is 1. The second kappa shape index (κ2) is 4.06. The Kier molecular flexibility index (Phi) is 3.04. The maximum absolute atomic E-state index is 11.1.